The Hall–Kier alpha value is -5.68. The minimum absolute atomic E-state index is 0.183. The topological polar surface area (TPSA) is 98.7 Å². The van der Waals surface area contributed by atoms with Gasteiger partial charge in [-0.2, -0.15) is 15.0 Å². The zero-order valence-corrected chi connectivity index (χ0v) is 27.4. The highest BCUT2D eigenvalue weighted by molar-refractivity contribution is 5.83. The Balaban J connectivity index is 1.64. The number of aryl methyl sites for hydroxylation is 1. The van der Waals surface area contributed by atoms with E-state index in [2.05, 4.69) is 26.5 Å². The van der Waals surface area contributed by atoms with Crippen molar-refractivity contribution in [1.82, 2.24) is 9.66 Å². The van der Waals surface area contributed by atoms with Crippen LogP contribution in [0.15, 0.2) is 95.3 Å². The van der Waals surface area contributed by atoms with Gasteiger partial charge in [-0.05, 0) is 85.3 Å². The van der Waals surface area contributed by atoms with Crippen molar-refractivity contribution >= 4 is 17.1 Å². The lowest BCUT2D eigenvalue weighted by molar-refractivity contribution is 0.267. The predicted octanol–water partition coefficient (Wildman–Crippen LogP) is 7.96. The third kappa shape index (κ3) is 6.95. The van der Waals surface area contributed by atoms with Crippen molar-refractivity contribution in [2.45, 2.75) is 46.6 Å². The SMILES string of the molecule is C=CCc1cc(C=Nn2c(-c3cc(C(C)C)c(OC)cc3C)nc3ccccc3c2=O)cc(OCC)c1OCc1ccccc1C#N. The second-order valence-electron chi connectivity index (χ2n) is 11.4. The van der Waals surface area contributed by atoms with Crippen molar-refractivity contribution in [3.8, 4) is 34.7 Å². The van der Waals surface area contributed by atoms with E-state index in [9.17, 15) is 10.1 Å². The molecular weight excluding hydrogens is 588 g/mol. The molecule has 0 N–H and O–H groups in total. The molecule has 8 heteroatoms. The number of aromatic nitrogens is 2. The van der Waals surface area contributed by atoms with Crippen LogP contribution >= 0.6 is 0 Å². The third-order valence-corrected chi connectivity index (χ3v) is 7.84. The molecule has 0 saturated carbocycles. The van der Waals surface area contributed by atoms with E-state index in [1.165, 1.54) is 4.68 Å². The number of hydrogen-bond acceptors (Lipinski definition) is 7. The van der Waals surface area contributed by atoms with Crippen LogP contribution in [-0.4, -0.2) is 29.6 Å². The minimum atomic E-state index is -0.282. The normalized spacial score (nSPS) is 11.2. The molecule has 47 heavy (non-hydrogen) atoms. The molecule has 0 unspecified atom stereocenters. The Morgan fingerprint density at radius 2 is 1.79 bits per heavy atom. The highest BCUT2D eigenvalue weighted by Gasteiger charge is 2.19. The van der Waals surface area contributed by atoms with Crippen LogP contribution in [0.2, 0.25) is 0 Å². The molecule has 0 radical (unpaired) electrons. The molecule has 238 valence electrons. The first-order chi connectivity index (χ1) is 22.8. The quantitative estimate of drug-likeness (QED) is 0.103. The summed E-state index contributed by atoms with van der Waals surface area (Å²) in [5.41, 5.74) is 5.88. The molecule has 1 heterocycles. The smallest absolute Gasteiger partial charge is 0.282 e. The number of nitriles is 1. The van der Waals surface area contributed by atoms with E-state index < -0.39 is 0 Å². The fourth-order valence-corrected chi connectivity index (χ4v) is 5.49. The van der Waals surface area contributed by atoms with Crippen molar-refractivity contribution in [1.29, 1.82) is 5.26 Å². The van der Waals surface area contributed by atoms with Crippen LogP contribution in [0.3, 0.4) is 0 Å². The summed E-state index contributed by atoms with van der Waals surface area (Å²) < 4.78 is 19.3. The number of methoxy groups -OCH3 is 1. The Morgan fingerprint density at radius 1 is 1.02 bits per heavy atom. The fourth-order valence-electron chi connectivity index (χ4n) is 5.49. The molecule has 0 saturated heterocycles. The number of hydrogen-bond donors (Lipinski definition) is 0. The highest BCUT2D eigenvalue weighted by atomic mass is 16.5. The summed E-state index contributed by atoms with van der Waals surface area (Å²) in [6, 6.07) is 24.6. The Morgan fingerprint density at radius 3 is 2.51 bits per heavy atom. The fraction of sp³-hybridized carbons (Fsp3) is 0.231. The molecule has 1 aromatic heterocycles. The van der Waals surface area contributed by atoms with Crippen LogP contribution in [0.4, 0.5) is 0 Å². The van der Waals surface area contributed by atoms with Gasteiger partial charge >= 0.3 is 0 Å². The molecule has 5 rings (SSSR count). The molecule has 5 aromatic rings. The monoisotopic (exact) mass is 626 g/mol. The molecule has 0 atom stereocenters. The summed E-state index contributed by atoms with van der Waals surface area (Å²) in [5.74, 6) is 2.50. The standard InChI is InChI=1S/C39H38N4O4/c1-7-13-28-19-27(20-36(46-8-2)37(28)47-24-30-15-10-9-14-29(30)22-40)23-41-43-38(42-34-17-12-11-16-31(34)39(43)44)33-21-32(25(3)4)35(45-6)18-26(33)5/h7,9-12,14-21,23,25H,1,8,13,24H2,2-6H3. The number of nitrogens with zero attached hydrogens (tertiary/aromatic N) is 4. The molecule has 0 aliphatic heterocycles. The molecule has 0 aliphatic carbocycles. The Labute approximate surface area is 275 Å². The van der Waals surface area contributed by atoms with Gasteiger partial charge in [0.1, 0.15) is 12.4 Å². The Kier molecular flexibility index (Phi) is 10.2. The maximum absolute atomic E-state index is 14.0. The molecular formula is C39H38N4O4. The molecule has 8 nitrogen and oxygen atoms in total. The lowest BCUT2D eigenvalue weighted by Gasteiger charge is -2.18. The van der Waals surface area contributed by atoms with Gasteiger partial charge in [0.05, 0.1) is 42.5 Å². The van der Waals surface area contributed by atoms with Crippen LogP contribution < -0.4 is 19.8 Å². The van der Waals surface area contributed by atoms with Crippen LogP contribution in [0.25, 0.3) is 22.3 Å². The summed E-state index contributed by atoms with van der Waals surface area (Å²) in [7, 11) is 1.66. The average molecular weight is 627 g/mol. The van der Waals surface area contributed by atoms with Gasteiger partial charge in [-0.1, -0.05) is 50.3 Å². The van der Waals surface area contributed by atoms with Crippen LogP contribution in [-0.2, 0) is 13.0 Å². The summed E-state index contributed by atoms with van der Waals surface area (Å²) in [6.45, 7) is 12.6. The molecule has 4 aromatic carbocycles. The van der Waals surface area contributed by atoms with Gasteiger partial charge in [-0.15, -0.1) is 6.58 Å². The Bertz CT molecular complexity index is 2070. The van der Waals surface area contributed by atoms with Crippen molar-refractivity contribution in [3.63, 3.8) is 0 Å². The van der Waals surface area contributed by atoms with E-state index in [0.29, 0.717) is 52.4 Å². The van der Waals surface area contributed by atoms with Gasteiger partial charge in [0.2, 0.25) is 0 Å². The second-order valence-corrected chi connectivity index (χ2v) is 11.4. The number of benzene rings is 4. The maximum Gasteiger partial charge on any atom is 0.282 e. The van der Waals surface area contributed by atoms with E-state index in [1.807, 2.05) is 74.5 Å². The lowest BCUT2D eigenvalue weighted by Crippen LogP contribution is -2.21. The highest BCUT2D eigenvalue weighted by Crippen LogP contribution is 2.36. The largest absolute Gasteiger partial charge is 0.496 e. The van der Waals surface area contributed by atoms with Gasteiger partial charge in [-0.3, -0.25) is 4.79 Å². The summed E-state index contributed by atoms with van der Waals surface area (Å²) in [5, 5.41) is 14.7. The van der Waals surface area contributed by atoms with Gasteiger partial charge < -0.3 is 14.2 Å². The number of ether oxygens (including phenoxy) is 3. The average Bonchev–Trinajstić information content (AvgIpc) is 3.07. The number of allylic oxidation sites excluding steroid dienone is 1. The third-order valence-electron chi connectivity index (χ3n) is 7.84. The maximum atomic E-state index is 14.0. The van der Waals surface area contributed by atoms with E-state index in [0.717, 1.165) is 33.6 Å². The minimum Gasteiger partial charge on any atom is -0.496 e. The van der Waals surface area contributed by atoms with Crippen LogP contribution in [0.1, 0.15) is 60.1 Å². The predicted molar refractivity (Wildman–Crippen MR) is 187 cm³/mol. The number of fused-ring (bicyclic) bond motifs is 1. The van der Waals surface area contributed by atoms with Crippen LogP contribution in [0.5, 0.6) is 17.2 Å². The first-order valence-corrected chi connectivity index (χ1v) is 15.6. The molecule has 0 spiro atoms. The van der Waals surface area contributed by atoms with E-state index in [1.54, 1.807) is 31.5 Å². The van der Waals surface area contributed by atoms with Crippen molar-refractivity contribution in [2.24, 2.45) is 5.10 Å². The van der Waals surface area contributed by atoms with Gasteiger partial charge in [0, 0.05) is 16.7 Å². The van der Waals surface area contributed by atoms with Crippen molar-refractivity contribution in [3.05, 3.63) is 129 Å². The van der Waals surface area contributed by atoms with Gasteiger partial charge in [0.15, 0.2) is 17.3 Å². The van der Waals surface area contributed by atoms with Gasteiger partial charge in [0.25, 0.3) is 5.56 Å². The summed E-state index contributed by atoms with van der Waals surface area (Å²) >= 11 is 0. The summed E-state index contributed by atoms with van der Waals surface area (Å²) in [4.78, 5) is 18.9. The van der Waals surface area contributed by atoms with Crippen LogP contribution in [0, 0.1) is 18.3 Å². The van der Waals surface area contributed by atoms with Gasteiger partial charge in [-0.25, -0.2) is 4.98 Å². The second kappa shape index (κ2) is 14.6. The molecule has 0 amide bonds. The first kappa shape index (κ1) is 32.7. The zero-order valence-electron chi connectivity index (χ0n) is 27.4. The van der Waals surface area contributed by atoms with Crippen molar-refractivity contribution < 1.29 is 14.2 Å². The first-order valence-electron chi connectivity index (χ1n) is 15.6. The summed E-state index contributed by atoms with van der Waals surface area (Å²) in [6.07, 6.45) is 3.92. The number of para-hydroxylation sites is 1. The van der Waals surface area contributed by atoms with E-state index in [-0.39, 0.29) is 18.1 Å². The zero-order chi connectivity index (χ0) is 33.5. The van der Waals surface area contributed by atoms with E-state index >= 15 is 0 Å². The van der Waals surface area contributed by atoms with E-state index in [4.69, 9.17) is 24.3 Å². The molecule has 0 bridgehead atoms. The van der Waals surface area contributed by atoms with Crippen molar-refractivity contribution in [2.75, 3.05) is 13.7 Å². The number of rotatable bonds is 12. The molecule has 0 aliphatic rings. The molecule has 0 fully saturated rings. The lowest BCUT2D eigenvalue weighted by atomic mass is 9.96.